The van der Waals surface area contributed by atoms with Crippen molar-refractivity contribution in [2.24, 2.45) is 0 Å². The number of benzene rings is 2. The number of aromatic carboxylic acids is 1. The van der Waals surface area contributed by atoms with Crippen LogP contribution in [0.4, 0.5) is 4.79 Å². The van der Waals surface area contributed by atoms with E-state index in [1.165, 1.54) is 5.56 Å². The summed E-state index contributed by atoms with van der Waals surface area (Å²) >= 11 is 3.37. The van der Waals surface area contributed by atoms with E-state index in [0.717, 1.165) is 18.4 Å². The Kier molecular flexibility index (Phi) is 7.62. The Morgan fingerprint density at radius 2 is 1.75 bits per heavy atom. The molecule has 0 bridgehead atoms. The molecule has 0 spiro atoms. The summed E-state index contributed by atoms with van der Waals surface area (Å²) in [6, 6.07) is 15.3. The van der Waals surface area contributed by atoms with E-state index in [9.17, 15) is 14.7 Å². The molecule has 1 heterocycles. The number of nitrogens with zero attached hydrogens (tertiary/aromatic N) is 1. The van der Waals surface area contributed by atoms with Crippen molar-refractivity contribution >= 4 is 28.0 Å². The molecule has 1 fully saturated rings. The van der Waals surface area contributed by atoms with E-state index in [-0.39, 0.29) is 17.1 Å². The number of rotatable bonds is 6. The summed E-state index contributed by atoms with van der Waals surface area (Å²) in [5.41, 5.74) is 1.46. The van der Waals surface area contributed by atoms with Gasteiger partial charge in [-0.3, -0.25) is 0 Å². The first kappa shape index (κ1) is 24.3. The van der Waals surface area contributed by atoms with Gasteiger partial charge < -0.3 is 19.5 Å². The van der Waals surface area contributed by atoms with Crippen LogP contribution in [-0.2, 0) is 21.5 Å². The largest absolute Gasteiger partial charge is 0.478 e. The van der Waals surface area contributed by atoms with E-state index in [0.29, 0.717) is 30.8 Å². The maximum Gasteiger partial charge on any atom is 0.410 e. The van der Waals surface area contributed by atoms with Crippen LogP contribution in [0.2, 0.25) is 0 Å². The molecule has 0 radical (unpaired) electrons. The highest BCUT2D eigenvalue weighted by molar-refractivity contribution is 9.10. The number of amides is 1. The van der Waals surface area contributed by atoms with Crippen LogP contribution in [0.1, 0.15) is 55.1 Å². The quantitative estimate of drug-likeness (QED) is 0.552. The molecule has 1 aliphatic heterocycles. The fourth-order valence-electron chi connectivity index (χ4n) is 3.97. The minimum atomic E-state index is -0.970. The van der Waals surface area contributed by atoms with Gasteiger partial charge in [0, 0.05) is 23.0 Å². The SMILES string of the molecule is CC(C)(C)OC(=O)N1CCC(COCc2cc(Br)cc(C(=O)O)c2)(c2ccccc2)CC1. The molecule has 6 nitrogen and oxygen atoms in total. The molecular formula is C25H30BrNO5. The number of carboxylic acid groups (broad SMARTS) is 1. The second-order valence-electron chi connectivity index (χ2n) is 9.26. The number of likely N-dealkylation sites (tertiary alicyclic amines) is 1. The lowest BCUT2D eigenvalue weighted by molar-refractivity contribution is 0.00330. The fraction of sp³-hybridized carbons (Fsp3) is 0.440. The number of piperidine rings is 1. The number of ether oxygens (including phenoxy) is 2. The first-order valence-electron chi connectivity index (χ1n) is 10.7. The van der Waals surface area contributed by atoms with Crippen molar-refractivity contribution in [3.8, 4) is 0 Å². The van der Waals surface area contributed by atoms with Crippen LogP contribution in [0.3, 0.4) is 0 Å². The molecule has 0 aliphatic carbocycles. The maximum absolute atomic E-state index is 12.5. The van der Waals surface area contributed by atoms with Crippen LogP contribution in [0, 0.1) is 0 Å². The van der Waals surface area contributed by atoms with Gasteiger partial charge in [-0.2, -0.15) is 0 Å². The molecule has 1 amide bonds. The van der Waals surface area contributed by atoms with Gasteiger partial charge in [0.2, 0.25) is 0 Å². The van der Waals surface area contributed by atoms with Gasteiger partial charge in [-0.25, -0.2) is 9.59 Å². The summed E-state index contributed by atoms with van der Waals surface area (Å²) in [4.78, 5) is 25.6. The zero-order valence-electron chi connectivity index (χ0n) is 18.8. The van der Waals surface area contributed by atoms with Gasteiger partial charge >= 0.3 is 12.1 Å². The number of carboxylic acids is 1. The molecule has 2 aromatic carbocycles. The average Bonchev–Trinajstić information content (AvgIpc) is 2.73. The van der Waals surface area contributed by atoms with E-state index < -0.39 is 11.6 Å². The van der Waals surface area contributed by atoms with Crippen molar-refractivity contribution in [3.05, 3.63) is 69.7 Å². The average molecular weight is 504 g/mol. The van der Waals surface area contributed by atoms with Gasteiger partial charge in [0.25, 0.3) is 0 Å². The summed E-state index contributed by atoms with van der Waals surface area (Å²) in [7, 11) is 0. The second kappa shape index (κ2) is 10.0. The molecule has 7 heteroatoms. The van der Waals surface area contributed by atoms with Crippen LogP contribution < -0.4 is 0 Å². The van der Waals surface area contributed by atoms with Crippen molar-refractivity contribution in [3.63, 3.8) is 0 Å². The van der Waals surface area contributed by atoms with Crippen molar-refractivity contribution in [2.75, 3.05) is 19.7 Å². The predicted molar refractivity (Wildman–Crippen MR) is 126 cm³/mol. The van der Waals surface area contributed by atoms with Crippen molar-refractivity contribution < 1.29 is 24.2 Å². The standard InChI is InChI=1S/C25H30BrNO5/c1-24(2,3)32-23(30)27-11-9-25(10-12-27,20-7-5-4-6-8-20)17-31-16-18-13-19(22(28)29)15-21(26)14-18/h4-8,13-15H,9-12,16-17H2,1-3H3,(H,28,29). The number of carbonyl (C=O) groups is 2. The number of halogens is 1. The Labute approximate surface area is 197 Å². The van der Waals surface area contributed by atoms with Crippen LogP contribution >= 0.6 is 15.9 Å². The van der Waals surface area contributed by atoms with Crippen LogP contribution in [0.15, 0.2) is 53.0 Å². The summed E-state index contributed by atoms with van der Waals surface area (Å²) in [5.74, 6) is -0.970. The monoisotopic (exact) mass is 503 g/mol. The summed E-state index contributed by atoms with van der Waals surface area (Å²) in [6.07, 6.45) is 1.24. The number of hydrogen-bond donors (Lipinski definition) is 1. The summed E-state index contributed by atoms with van der Waals surface area (Å²) in [5, 5.41) is 9.29. The molecule has 0 saturated carbocycles. The van der Waals surface area contributed by atoms with Gasteiger partial charge in [0.15, 0.2) is 0 Å². The summed E-state index contributed by atoms with van der Waals surface area (Å²) in [6.45, 7) is 7.58. The third-order valence-corrected chi connectivity index (χ3v) is 6.07. The van der Waals surface area contributed by atoms with Gasteiger partial charge in [-0.15, -0.1) is 0 Å². The lowest BCUT2D eigenvalue weighted by atomic mass is 9.73. The molecule has 172 valence electrons. The van der Waals surface area contributed by atoms with Gasteiger partial charge in [-0.05, 0) is 62.9 Å². The molecule has 1 saturated heterocycles. The maximum atomic E-state index is 12.5. The minimum Gasteiger partial charge on any atom is -0.478 e. The zero-order valence-corrected chi connectivity index (χ0v) is 20.4. The molecule has 32 heavy (non-hydrogen) atoms. The summed E-state index contributed by atoms with van der Waals surface area (Å²) < 4.78 is 12.4. The Bertz CT molecular complexity index is 947. The topological polar surface area (TPSA) is 76.1 Å². The Hall–Kier alpha value is -2.38. The molecule has 3 rings (SSSR count). The highest BCUT2D eigenvalue weighted by atomic mass is 79.9. The second-order valence-corrected chi connectivity index (χ2v) is 10.2. The first-order chi connectivity index (χ1) is 15.1. The third-order valence-electron chi connectivity index (χ3n) is 5.61. The lowest BCUT2D eigenvalue weighted by Gasteiger charge is -2.42. The molecular weight excluding hydrogens is 474 g/mol. The fourth-order valence-corrected chi connectivity index (χ4v) is 4.51. The third kappa shape index (κ3) is 6.33. The molecule has 0 atom stereocenters. The normalized spacial score (nSPS) is 15.9. The van der Waals surface area contributed by atoms with E-state index in [4.69, 9.17) is 9.47 Å². The molecule has 1 N–H and O–H groups in total. The van der Waals surface area contributed by atoms with Crippen molar-refractivity contribution in [1.82, 2.24) is 4.90 Å². The Morgan fingerprint density at radius 3 is 2.34 bits per heavy atom. The first-order valence-corrected chi connectivity index (χ1v) is 11.5. The lowest BCUT2D eigenvalue weighted by Crippen LogP contribution is -2.48. The minimum absolute atomic E-state index is 0.221. The highest BCUT2D eigenvalue weighted by Gasteiger charge is 2.38. The number of carbonyl (C=O) groups excluding carboxylic acids is 1. The van der Waals surface area contributed by atoms with Crippen LogP contribution in [-0.4, -0.2) is 47.4 Å². The highest BCUT2D eigenvalue weighted by Crippen LogP contribution is 2.36. The molecule has 1 aliphatic rings. The van der Waals surface area contributed by atoms with Crippen molar-refractivity contribution in [2.45, 2.75) is 51.2 Å². The van der Waals surface area contributed by atoms with E-state index in [2.05, 4.69) is 28.1 Å². The van der Waals surface area contributed by atoms with E-state index in [1.807, 2.05) is 45.0 Å². The van der Waals surface area contributed by atoms with Crippen LogP contribution in [0.5, 0.6) is 0 Å². The number of hydrogen-bond acceptors (Lipinski definition) is 4. The van der Waals surface area contributed by atoms with E-state index >= 15 is 0 Å². The van der Waals surface area contributed by atoms with Crippen LogP contribution in [0.25, 0.3) is 0 Å². The predicted octanol–water partition coefficient (Wildman–Crippen LogP) is 5.63. The van der Waals surface area contributed by atoms with E-state index in [1.54, 1.807) is 17.0 Å². The molecule has 0 unspecified atom stereocenters. The molecule has 0 aromatic heterocycles. The smallest absolute Gasteiger partial charge is 0.410 e. The Balaban J connectivity index is 1.70. The Morgan fingerprint density at radius 1 is 1.09 bits per heavy atom. The zero-order chi connectivity index (χ0) is 23.4. The van der Waals surface area contributed by atoms with Gasteiger partial charge in [-0.1, -0.05) is 46.3 Å². The van der Waals surface area contributed by atoms with Gasteiger partial charge in [0.05, 0.1) is 18.8 Å². The van der Waals surface area contributed by atoms with Crippen molar-refractivity contribution in [1.29, 1.82) is 0 Å². The van der Waals surface area contributed by atoms with Gasteiger partial charge in [0.1, 0.15) is 5.60 Å². The molecule has 2 aromatic rings.